The summed E-state index contributed by atoms with van der Waals surface area (Å²) in [5.74, 6) is 0.0111. The molecule has 4 rings (SSSR count). The van der Waals surface area contributed by atoms with Crippen molar-refractivity contribution in [2.24, 2.45) is 0 Å². The first kappa shape index (κ1) is 18.4. The summed E-state index contributed by atoms with van der Waals surface area (Å²) in [5, 5.41) is 4.74. The van der Waals surface area contributed by atoms with E-state index in [9.17, 15) is 4.79 Å². The summed E-state index contributed by atoms with van der Waals surface area (Å²) in [6.07, 6.45) is 0. The van der Waals surface area contributed by atoms with Gasteiger partial charge in [0.25, 0.3) is 0 Å². The van der Waals surface area contributed by atoms with E-state index < -0.39 is 0 Å². The van der Waals surface area contributed by atoms with Crippen molar-refractivity contribution < 1.29 is 4.79 Å². The van der Waals surface area contributed by atoms with Gasteiger partial charge < -0.3 is 5.32 Å². The second kappa shape index (κ2) is 8.35. The van der Waals surface area contributed by atoms with Crippen molar-refractivity contribution in [1.82, 2.24) is 14.8 Å². The van der Waals surface area contributed by atoms with E-state index in [1.165, 1.54) is 4.70 Å². The molecule has 2 aromatic carbocycles. The van der Waals surface area contributed by atoms with Gasteiger partial charge in [-0.15, -0.1) is 11.3 Å². The zero-order valence-corrected chi connectivity index (χ0v) is 16.5. The molecule has 0 spiro atoms. The van der Waals surface area contributed by atoms with Gasteiger partial charge in [-0.25, -0.2) is 4.98 Å². The molecule has 1 aliphatic rings. The van der Waals surface area contributed by atoms with E-state index in [-0.39, 0.29) is 5.91 Å². The van der Waals surface area contributed by atoms with E-state index in [0.29, 0.717) is 11.6 Å². The highest BCUT2D eigenvalue weighted by Gasteiger charge is 2.20. The second-order valence-corrected chi connectivity index (χ2v) is 8.23. The molecule has 1 amide bonds. The third-order valence-electron chi connectivity index (χ3n) is 4.66. The van der Waals surface area contributed by atoms with Crippen LogP contribution in [0.2, 0.25) is 5.02 Å². The highest BCUT2D eigenvalue weighted by molar-refractivity contribution is 7.18. The summed E-state index contributed by atoms with van der Waals surface area (Å²) in [6.45, 7) is 4.97. The summed E-state index contributed by atoms with van der Waals surface area (Å²) >= 11 is 7.63. The lowest BCUT2D eigenvalue weighted by Crippen LogP contribution is -2.48. The maximum absolute atomic E-state index is 12.2. The normalized spacial score (nSPS) is 15.9. The molecule has 2 heterocycles. The molecular formula is C20H21ClN4OS. The summed E-state index contributed by atoms with van der Waals surface area (Å²) in [7, 11) is 0. The molecule has 1 aromatic heterocycles. The van der Waals surface area contributed by atoms with Crippen LogP contribution >= 0.6 is 22.9 Å². The number of thiazole rings is 1. The number of amides is 1. The Kier molecular flexibility index (Phi) is 5.69. The number of halogens is 1. The maximum Gasteiger partial charge on any atom is 0.238 e. The lowest BCUT2D eigenvalue weighted by atomic mass is 10.3. The minimum Gasteiger partial charge on any atom is -0.325 e. The lowest BCUT2D eigenvalue weighted by Gasteiger charge is -2.33. The standard InChI is InChI=1S/C20H21ClN4OS/c21-15-5-7-16(8-6-15)22-19(26)13-24-9-11-25(12-10-24)14-20-23-17-3-1-2-4-18(17)27-20/h1-8H,9-14H2,(H,22,26). The maximum atomic E-state index is 12.2. The summed E-state index contributed by atoms with van der Waals surface area (Å²) in [5.41, 5.74) is 1.86. The van der Waals surface area contributed by atoms with Crippen LogP contribution in [0, 0.1) is 0 Å². The number of benzene rings is 2. The number of rotatable bonds is 5. The number of fused-ring (bicyclic) bond motifs is 1. The molecule has 5 nitrogen and oxygen atoms in total. The molecule has 1 saturated heterocycles. The monoisotopic (exact) mass is 400 g/mol. The minimum atomic E-state index is 0.0111. The van der Waals surface area contributed by atoms with Crippen LogP contribution in [0.1, 0.15) is 5.01 Å². The van der Waals surface area contributed by atoms with Crippen molar-refractivity contribution in [3.63, 3.8) is 0 Å². The number of nitrogens with one attached hydrogen (secondary N) is 1. The smallest absolute Gasteiger partial charge is 0.238 e. The van der Waals surface area contributed by atoms with Crippen LogP contribution in [0.15, 0.2) is 48.5 Å². The van der Waals surface area contributed by atoms with Crippen molar-refractivity contribution >= 4 is 44.7 Å². The number of carbonyl (C=O) groups is 1. The van der Waals surface area contributed by atoms with Crippen molar-refractivity contribution in [3.8, 4) is 0 Å². The van der Waals surface area contributed by atoms with Gasteiger partial charge >= 0.3 is 0 Å². The lowest BCUT2D eigenvalue weighted by molar-refractivity contribution is -0.117. The average Bonchev–Trinajstić information content (AvgIpc) is 3.07. The van der Waals surface area contributed by atoms with Crippen LogP contribution in [-0.2, 0) is 11.3 Å². The Balaban J connectivity index is 1.24. The molecule has 0 atom stereocenters. The number of aromatic nitrogens is 1. The van der Waals surface area contributed by atoms with Gasteiger partial charge in [-0.1, -0.05) is 23.7 Å². The van der Waals surface area contributed by atoms with Gasteiger partial charge in [-0.2, -0.15) is 0 Å². The second-order valence-electron chi connectivity index (χ2n) is 6.68. The van der Waals surface area contributed by atoms with E-state index in [2.05, 4.69) is 33.3 Å². The van der Waals surface area contributed by atoms with E-state index in [1.807, 2.05) is 18.2 Å². The number of para-hydroxylation sites is 1. The SMILES string of the molecule is O=C(CN1CCN(Cc2nc3ccccc3s2)CC1)Nc1ccc(Cl)cc1. The third-order valence-corrected chi connectivity index (χ3v) is 5.93. The van der Waals surface area contributed by atoms with Gasteiger partial charge in [0.1, 0.15) is 5.01 Å². The van der Waals surface area contributed by atoms with E-state index >= 15 is 0 Å². The van der Waals surface area contributed by atoms with Gasteiger partial charge in [0.2, 0.25) is 5.91 Å². The molecular weight excluding hydrogens is 380 g/mol. The molecule has 3 aromatic rings. The number of anilines is 1. The number of carbonyl (C=O) groups excluding carboxylic acids is 1. The Morgan fingerprint density at radius 3 is 2.48 bits per heavy atom. The fourth-order valence-corrected chi connectivity index (χ4v) is 4.36. The Morgan fingerprint density at radius 2 is 1.74 bits per heavy atom. The fourth-order valence-electron chi connectivity index (χ4n) is 3.22. The quantitative estimate of drug-likeness (QED) is 0.709. The van der Waals surface area contributed by atoms with E-state index in [4.69, 9.17) is 16.6 Å². The van der Waals surface area contributed by atoms with Gasteiger partial charge in [0, 0.05) is 36.9 Å². The molecule has 0 unspecified atom stereocenters. The number of hydrogen-bond acceptors (Lipinski definition) is 5. The molecule has 140 valence electrons. The van der Waals surface area contributed by atoms with Gasteiger partial charge in [0.05, 0.1) is 23.3 Å². The molecule has 0 saturated carbocycles. The van der Waals surface area contributed by atoms with E-state index in [0.717, 1.165) is 48.9 Å². The van der Waals surface area contributed by atoms with Gasteiger partial charge in [-0.3, -0.25) is 14.6 Å². The highest BCUT2D eigenvalue weighted by Crippen LogP contribution is 2.23. The molecule has 7 heteroatoms. The zero-order chi connectivity index (χ0) is 18.6. The first-order chi connectivity index (χ1) is 13.2. The van der Waals surface area contributed by atoms with Crippen LogP contribution in [0.5, 0.6) is 0 Å². The minimum absolute atomic E-state index is 0.0111. The van der Waals surface area contributed by atoms with Crippen LogP contribution in [0.3, 0.4) is 0 Å². The topological polar surface area (TPSA) is 48.5 Å². The molecule has 1 N–H and O–H groups in total. The molecule has 27 heavy (non-hydrogen) atoms. The van der Waals surface area contributed by atoms with Gasteiger partial charge in [0.15, 0.2) is 0 Å². The predicted octanol–water partition coefficient (Wildman–Crippen LogP) is 3.71. The predicted molar refractivity (Wildman–Crippen MR) is 111 cm³/mol. The van der Waals surface area contributed by atoms with E-state index in [1.54, 1.807) is 23.5 Å². The fraction of sp³-hybridized carbons (Fsp3) is 0.300. The largest absolute Gasteiger partial charge is 0.325 e. The molecule has 0 radical (unpaired) electrons. The number of nitrogens with zero attached hydrogens (tertiary/aromatic N) is 3. The molecule has 1 aliphatic heterocycles. The zero-order valence-electron chi connectivity index (χ0n) is 14.9. The molecule has 0 bridgehead atoms. The average molecular weight is 401 g/mol. The Bertz CT molecular complexity index is 886. The Labute approximate surface area is 167 Å². The molecule has 1 fully saturated rings. The first-order valence-corrected chi connectivity index (χ1v) is 10.2. The van der Waals surface area contributed by atoms with Crippen LogP contribution in [0.25, 0.3) is 10.2 Å². The highest BCUT2D eigenvalue weighted by atomic mass is 35.5. The van der Waals surface area contributed by atoms with Crippen molar-refractivity contribution in [1.29, 1.82) is 0 Å². The van der Waals surface area contributed by atoms with Crippen molar-refractivity contribution in [2.45, 2.75) is 6.54 Å². The molecule has 0 aliphatic carbocycles. The van der Waals surface area contributed by atoms with Crippen LogP contribution in [-0.4, -0.2) is 53.4 Å². The summed E-state index contributed by atoms with van der Waals surface area (Å²) < 4.78 is 1.24. The number of piperazine rings is 1. The van der Waals surface area contributed by atoms with Crippen molar-refractivity contribution in [3.05, 3.63) is 58.6 Å². The van der Waals surface area contributed by atoms with Crippen LogP contribution < -0.4 is 5.32 Å². The Hall–Kier alpha value is -1.99. The third kappa shape index (κ3) is 4.84. The Morgan fingerprint density at radius 1 is 1.04 bits per heavy atom. The van der Waals surface area contributed by atoms with Gasteiger partial charge in [-0.05, 0) is 36.4 Å². The summed E-state index contributed by atoms with van der Waals surface area (Å²) in [4.78, 5) is 21.5. The summed E-state index contributed by atoms with van der Waals surface area (Å²) in [6, 6.07) is 15.4. The number of hydrogen-bond donors (Lipinski definition) is 1. The van der Waals surface area contributed by atoms with Crippen molar-refractivity contribution in [2.75, 3.05) is 38.0 Å². The first-order valence-electron chi connectivity index (χ1n) is 9.00. The van der Waals surface area contributed by atoms with Crippen LogP contribution in [0.4, 0.5) is 5.69 Å².